The number of H-pyrrole nitrogens is 1. The van der Waals surface area contributed by atoms with Crippen molar-refractivity contribution in [2.24, 2.45) is 0 Å². The molecule has 0 amide bonds. The highest BCUT2D eigenvalue weighted by molar-refractivity contribution is 7.90. The Hall–Kier alpha value is -2.90. The number of aromatic amines is 1. The van der Waals surface area contributed by atoms with Crippen LogP contribution >= 0.6 is 0 Å². The maximum Gasteiger partial charge on any atom is 0.182 e. The summed E-state index contributed by atoms with van der Waals surface area (Å²) < 4.78 is 25.7. The topological polar surface area (TPSA) is 78.1 Å². The lowest BCUT2D eigenvalue weighted by Gasteiger charge is -2.23. The summed E-state index contributed by atoms with van der Waals surface area (Å²) in [6.07, 6.45) is 2.93. The fourth-order valence-corrected chi connectivity index (χ4v) is 5.57. The molecule has 7 heteroatoms. The number of hydrogen-bond donors (Lipinski definition) is 2. The second-order valence-electron chi connectivity index (χ2n) is 7.72. The van der Waals surface area contributed by atoms with Crippen LogP contribution in [0.3, 0.4) is 0 Å². The van der Waals surface area contributed by atoms with Crippen molar-refractivity contribution in [3.05, 3.63) is 66.4 Å². The Morgan fingerprint density at radius 2 is 1.87 bits per heavy atom. The van der Waals surface area contributed by atoms with Crippen LogP contribution in [0.15, 0.2) is 65.7 Å². The molecule has 0 radical (unpaired) electrons. The van der Waals surface area contributed by atoms with Crippen molar-refractivity contribution in [1.82, 2.24) is 15.3 Å². The van der Waals surface area contributed by atoms with Crippen molar-refractivity contribution in [2.75, 3.05) is 31.1 Å². The van der Waals surface area contributed by atoms with Crippen LogP contribution < -0.4 is 10.2 Å². The summed E-state index contributed by atoms with van der Waals surface area (Å²) >= 11 is 0. The van der Waals surface area contributed by atoms with Gasteiger partial charge in [0.25, 0.3) is 0 Å². The standard InChI is InChI=1S/C23H24N4O2S/c28-30(29,18-5-2-1-3-6-18)16-17-7-8-20-19(15-17)22-21(9-11-25-23(22)26-20)27-13-4-10-24-12-14-27/h1-3,5-9,11,15,24H,4,10,12-14,16H2,(H,25,26). The number of hydrogen-bond acceptors (Lipinski definition) is 5. The quantitative estimate of drug-likeness (QED) is 0.528. The first-order valence-electron chi connectivity index (χ1n) is 10.2. The Bertz CT molecular complexity index is 1290. The molecule has 154 valence electrons. The first-order chi connectivity index (χ1) is 14.6. The van der Waals surface area contributed by atoms with Crippen LogP contribution in [0.5, 0.6) is 0 Å². The normalized spacial score (nSPS) is 15.5. The van der Waals surface area contributed by atoms with E-state index in [1.54, 1.807) is 24.3 Å². The average Bonchev–Trinajstić information content (AvgIpc) is 2.93. The lowest BCUT2D eigenvalue weighted by atomic mass is 10.1. The molecule has 0 unspecified atom stereocenters. The maximum atomic E-state index is 12.9. The summed E-state index contributed by atoms with van der Waals surface area (Å²) in [5, 5.41) is 5.53. The van der Waals surface area contributed by atoms with Crippen LogP contribution in [0.4, 0.5) is 5.69 Å². The van der Waals surface area contributed by atoms with E-state index >= 15 is 0 Å². The van der Waals surface area contributed by atoms with E-state index in [9.17, 15) is 8.42 Å². The third kappa shape index (κ3) is 3.55. The van der Waals surface area contributed by atoms with Gasteiger partial charge in [-0.15, -0.1) is 0 Å². The van der Waals surface area contributed by atoms with E-state index in [1.165, 1.54) is 0 Å². The minimum Gasteiger partial charge on any atom is -0.370 e. The summed E-state index contributed by atoms with van der Waals surface area (Å²) in [7, 11) is -3.40. The van der Waals surface area contributed by atoms with Crippen LogP contribution in [-0.2, 0) is 15.6 Å². The van der Waals surface area contributed by atoms with Crippen molar-refractivity contribution < 1.29 is 8.42 Å². The lowest BCUT2D eigenvalue weighted by molar-refractivity contribution is 0.595. The zero-order chi connectivity index (χ0) is 20.6. The molecule has 2 aromatic carbocycles. The van der Waals surface area contributed by atoms with E-state index in [0.717, 1.165) is 65.8 Å². The van der Waals surface area contributed by atoms with Crippen molar-refractivity contribution in [3.8, 4) is 0 Å². The lowest BCUT2D eigenvalue weighted by Crippen LogP contribution is -2.27. The molecule has 1 fully saturated rings. The molecular formula is C23H24N4O2S. The van der Waals surface area contributed by atoms with Crippen LogP contribution in [0.1, 0.15) is 12.0 Å². The van der Waals surface area contributed by atoms with Gasteiger partial charge in [0.1, 0.15) is 5.65 Å². The number of benzene rings is 2. The molecule has 4 aromatic rings. The van der Waals surface area contributed by atoms with Gasteiger partial charge in [0, 0.05) is 47.8 Å². The third-order valence-electron chi connectivity index (χ3n) is 5.68. The molecule has 0 spiro atoms. The Morgan fingerprint density at radius 1 is 1.00 bits per heavy atom. The molecule has 2 N–H and O–H groups in total. The van der Waals surface area contributed by atoms with E-state index in [2.05, 4.69) is 26.3 Å². The van der Waals surface area contributed by atoms with E-state index in [-0.39, 0.29) is 5.75 Å². The number of anilines is 1. The van der Waals surface area contributed by atoms with Crippen LogP contribution in [0, 0.1) is 0 Å². The molecule has 30 heavy (non-hydrogen) atoms. The first-order valence-corrected chi connectivity index (χ1v) is 11.9. The summed E-state index contributed by atoms with van der Waals surface area (Å²) in [5.41, 5.74) is 3.74. The molecule has 2 aromatic heterocycles. The second kappa shape index (κ2) is 7.74. The summed E-state index contributed by atoms with van der Waals surface area (Å²) in [6, 6.07) is 16.5. The first kappa shape index (κ1) is 19.1. The zero-order valence-corrected chi connectivity index (χ0v) is 17.5. The number of rotatable bonds is 4. The monoisotopic (exact) mass is 420 g/mol. The van der Waals surface area contributed by atoms with E-state index < -0.39 is 9.84 Å². The van der Waals surface area contributed by atoms with Crippen molar-refractivity contribution >= 4 is 37.5 Å². The number of nitrogens with zero attached hydrogens (tertiary/aromatic N) is 2. The van der Waals surface area contributed by atoms with Gasteiger partial charge in [-0.05, 0) is 48.9 Å². The van der Waals surface area contributed by atoms with Crippen LogP contribution in [0.25, 0.3) is 21.9 Å². The summed E-state index contributed by atoms with van der Waals surface area (Å²) in [4.78, 5) is 10.7. The zero-order valence-electron chi connectivity index (χ0n) is 16.6. The number of nitrogens with one attached hydrogen (secondary N) is 2. The molecule has 0 aliphatic carbocycles. The van der Waals surface area contributed by atoms with Crippen molar-refractivity contribution in [3.63, 3.8) is 0 Å². The highest BCUT2D eigenvalue weighted by Gasteiger charge is 2.19. The minimum absolute atomic E-state index is 0.0249. The van der Waals surface area contributed by atoms with Crippen LogP contribution in [0.2, 0.25) is 0 Å². The molecule has 0 saturated carbocycles. The van der Waals surface area contributed by atoms with E-state index in [0.29, 0.717) is 4.90 Å². The summed E-state index contributed by atoms with van der Waals surface area (Å²) in [5.74, 6) is -0.0249. The average molecular weight is 421 g/mol. The molecule has 0 atom stereocenters. The molecule has 6 nitrogen and oxygen atoms in total. The van der Waals surface area contributed by atoms with Gasteiger partial charge in [0.15, 0.2) is 9.84 Å². The predicted octanol–water partition coefficient (Wildman–Crippen LogP) is 3.49. The minimum atomic E-state index is -3.40. The van der Waals surface area contributed by atoms with Gasteiger partial charge >= 0.3 is 0 Å². The van der Waals surface area contributed by atoms with Gasteiger partial charge in [-0.3, -0.25) is 0 Å². The predicted molar refractivity (Wildman–Crippen MR) is 121 cm³/mol. The van der Waals surface area contributed by atoms with Gasteiger partial charge in [-0.2, -0.15) is 0 Å². The summed E-state index contributed by atoms with van der Waals surface area (Å²) in [6.45, 7) is 3.90. The highest BCUT2D eigenvalue weighted by atomic mass is 32.2. The smallest absolute Gasteiger partial charge is 0.182 e. The molecule has 1 aliphatic rings. The maximum absolute atomic E-state index is 12.9. The van der Waals surface area contributed by atoms with Gasteiger partial charge in [-0.1, -0.05) is 24.3 Å². The Balaban J connectivity index is 1.59. The SMILES string of the molecule is O=S(=O)(Cc1ccc2[nH]c3nccc(N4CCCNCC4)c3c2c1)c1ccccc1. The Labute approximate surface area is 175 Å². The van der Waals surface area contributed by atoms with Gasteiger partial charge in [0.05, 0.1) is 10.6 Å². The largest absolute Gasteiger partial charge is 0.370 e. The molecular weight excluding hydrogens is 396 g/mol. The number of sulfone groups is 1. The molecule has 3 heterocycles. The number of pyridine rings is 1. The molecule has 1 aliphatic heterocycles. The van der Waals surface area contributed by atoms with Gasteiger partial charge in [-0.25, -0.2) is 13.4 Å². The third-order valence-corrected chi connectivity index (χ3v) is 7.38. The van der Waals surface area contributed by atoms with Crippen LogP contribution in [-0.4, -0.2) is 44.6 Å². The van der Waals surface area contributed by atoms with Gasteiger partial charge in [0.2, 0.25) is 0 Å². The second-order valence-corrected chi connectivity index (χ2v) is 9.71. The molecule has 1 saturated heterocycles. The molecule has 0 bridgehead atoms. The fourth-order valence-electron chi connectivity index (χ4n) is 4.22. The fraction of sp³-hybridized carbons (Fsp3) is 0.261. The van der Waals surface area contributed by atoms with E-state index in [1.807, 2.05) is 30.5 Å². The van der Waals surface area contributed by atoms with Crippen molar-refractivity contribution in [2.45, 2.75) is 17.1 Å². The van der Waals surface area contributed by atoms with Crippen molar-refractivity contribution in [1.29, 1.82) is 0 Å². The number of fused-ring (bicyclic) bond motifs is 3. The van der Waals surface area contributed by atoms with Gasteiger partial charge < -0.3 is 15.2 Å². The Kier molecular flexibility index (Phi) is 4.92. The van der Waals surface area contributed by atoms with E-state index in [4.69, 9.17) is 0 Å². The highest BCUT2D eigenvalue weighted by Crippen LogP contribution is 2.34. The Morgan fingerprint density at radius 3 is 2.73 bits per heavy atom. The molecule has 5 rings (SSSR count). The number of aromatic nitrogens is 2.